The highest BCUT2D eigenvalue weighted by molar-refractivity contribution is 7.12. The number of likely N-dealkylation sites (tertiary alicyclic amines) is 1. The molecule has 1 aliphatic heterocycles. The standard InChI is InChI=1S/C17H15ClF2N2O3S/c18-11-9-10(5-6-13(11)25-17(19)20)21-15(23)12-3-1-7-22(12)16(24)14-4-2-8-26-14/h2,4-6,8-9,12,17H,1,3,7H2,(H,21,23)/t12-/m0/s1. The van der Waals surface area contributed by atoms with Crippen LogP contribution in [0.1, 0.15) is 22.5 Å². The molecule has 2 amide bonds. The second-order valence-electron chi connectivity index (χ2n) is 5.65. The maximum atomic E-state index is 12.6. The molecule has 1 fully saturated rings. The van der Waals surface area contributed by atoms with Crippen molar-refractivity contribution in [2.45, 2.75) is 25.5 Å². The molecule has 0 radical (unpaired) electrons. The highest BCUT2D eigenvalue weighted by Gasteiger charge is 2.35. The van der Waals surface area contributed by atoms with E-state index in [2.05, 4.69) is 10.1 Å². The van der Waals surface area contributed by atoms with Crippen LogP contribution in [-0.2, 0) is 4.79 Å². The average molecular weight is 401 g/mol. The number of halogens is 3. The van der Waals surface area contributed by atoms with Crippen LogP contribution >= 0.6 is 22.9 Å². The van der Waals surface area contributed by atoms with Crippen molar-refractivity contribution < 1.29 is 23.1 Å². The number of carbonyl (C=O) groups excluding carboxylic acids is 2. The fraction of sp³-hybridized carbons (Fsp3) is 0.294. The van der Waals surface area contributed by atoms with Crippen LogP contribution in [-0.4, -0.2) is 35.9 Å². The Hall–Kier alpha value is -2.19. The summed E-state index contributed by atoms with van der Waals surface area (Å²) >= 11 is 7.22. The third-order valence-corrected chi connectivity index (χ3v) is 5.12. The van der Waals surface area contributed by atoms with E-state index in [0.29, 0.717) is 23.5 Å². The SMILES string of the molecule is O=C(Nc1ccc(OC(F)F)c(Cl)c1)[C@@H]1CCCN1C(=O)c1cccs1. The van der Waals surface area contributed by atoms with E-state index in [-0.39, 0.29) is 22.6 Å². The lowest BCUT2D eigenvalue weighted by Crippen LogP contribution is -2.42. The molecular weight excluding hydrogens is 386 g/mol. The smallest absolute Gasteiger partial charge is 0.387 e. The summed E-state index contributed by atoms with van der Waals surface area (Å²) < 4.78 is 28.8. The van der Waals surface area contributed by atoms with E-state index in [1.807, 2.05) is 5.38 Å². The Morgan fingerprint density at radius 3 is 2.81 bits per heavy atom. The van der Waals surface area contributed by atoms with Gasteiger partial charge in [-0.1, -0.05) is 17.7 Å². The zero-order chi connectivity index (χ0) is 18.7. The van der Waals surface area contributed by atoms with Gasteiger partial charge in [0, 0.05) is 12.2 Å². The van der Waals surface area contributed by atoms with Crippen molar-refractivity contribution >= 4 is 40.4 Å². The van der Waals surface area contributed by atoms with Gasteiger partial charge in [0.25, 0.3) is 5.91 Å². The van der Waals surface area contributed by atoms with E-state index in [1.165, 1.54) is 29.5 Å². The predicted molar refractivity (Wildman–Crippen MR) is 95.1 cm³/mol. The summed E-state index contributed by atoms with van der Waals surface area (Å²) in [5.74, 6) is -0.683. The molecule has 1 N–H and O–H groups in total. The summed E-state index contributed by atoms with van der Waals surface area (Å²) in [4.78, 5) is 27.2. The molecule has 3 rings (SSSR count). The number of hydrogen-bond donors (Lipinski definition) is 1. The number of nitrogens with one attached hydrogen (secondary N) is 1. The first-order valence-corrected chi connectivity index (χ1v) is 9.11. The molecule has 0 spiro atoms. The van der Waals surface area contributed by atoms with Crippen molar-refractivity contribution in [3.05, 3.63) is 45.6 Å². The van der Waals surface area contributed by atoms with Crippen molar-refractivity contribution in [1.29, 1.82) is 0 Å². The molecule has 9 heteroatoms. The summed E-state index contributed by atoms with van der Waals surface area (Å²) in [6.07, 6.45) is 1.29. The number of alkyl halides is 2. The van der Waals surface area contributed by atoms with Gasteiger partial charge in [-0.25, -0.2) is 0 Å². The maximum absolute atomic E-state index is 12.6. The van der Waals surface area contributed by atoms with Gasteiger partial charge in [0.2, 0.25) is 5.91 Å². The molecule has 2 heterocycles. The monoisotopic (exact) mass is 400 g/mol. The molecule has 1 atom stereocenters. The van der Waals surface area contributed by atoms with Crippen molar-refractivity contribution in [3.8, 4) is 5.75 Å². The second kappa shape index (κ2) is 8.01. The average Bonchev–Trinajstić information content (AvgIpc) is 3.28. The minimum absolute atomic E-state index is 0.0407. The van der Waals surface area contributed by atoms with Gasteiger partial charge in [0.1, 0.15) is 11.8 Å². The van der Waals surface area contributed by atoms with Crippen LogP contribution in [0.3, 0.4) is 0 Å². The van der Waals surface area contributed by atoms with Gasteiger partial charge in [-0.05, 0) is 42.5 Å². The van der Waals surface area contributed by atoms with Gasteiger partial charge in [-0.3, -0.25) is 9.59 Å². The molecule has 1 aromatic carbocycles. The lowest BCUT2D eigenvalue weighted by Gasteiger charge is -2.23. The number of carbonyl (C=O) groups is 2. The van der Waals surface area contributed by atoms with Crippen LogP contribution < -0.4 is 10.1 Å². The van der Waals surface area contributed by atoms with E-state index in [9.17, 15) is 18.4 Å². The fourth-order valence-electron chi connectivity index (χ4n) is 2.82. The Balaban J connectivity index is 1.69. The van der Waals surface area contributed by atoms with Gasteiger partial charge in [-0.2, -0.15) is 8.78 Å². The van der Waals surface area contributed by atoms with Gasteiger partial charge in [0.15, 0.2) is 0 Å². The first-order chi connectivity index (χ1) is 12.5. The summed E-state index contributed by atoms with van der Waals surface area (Å²) in [7, 11) is 0. The fourth-order valence-corrected chi connectivity index (χ4v) is 3.72. The van der Waals surface area contributed by atoms with Crippen LogP contribution in [0.25, 0.3) is 0 Å². The van der Waals surface area contributed by atoms with Crippen LogP contribution in [0, 0.1) is 0 Å². The normalized spacial score (nSPS) is 16.8. The van der Waals surface area contributed by atoms with E-state index in [1.54, 1.807) is 17.0 Å². The van der Waals surface area contributed by atoms with Crippen LogP contribution in [0.2, 0.25) is 5.02 Å². The Morgan fingerprint density at radius 1 is 1.35 bits per heavy atom. The molecule has 138 valence electrons. The van der Waals surface area contributed by atoms with Crippen molar-refractivity contribution in [2.75, 3.05) is 11.9 Å². The van der Waals surface area contributed by atoms with Crippen LogP contribution in [0.4, 0.5) is 14.5 Å². The number of benzene rings is 1. The third kappa shape index (κ3) is 4.13. The van der Waals surface area contributed by atoms with E-state index in [4.69, 9.17) is 11.6 Å². The second-order valence-corrected chi connectivity index (χ2v) is 7.00. The van der Waals surface area contributed by atoms with Gasteiger partial charge >= 0.3 is 6.61 Å². The molecule has 0 saturated carbocycles. The largest absolute Gasteiger partial charge is 0.433 e. The molecule has 5 nitrogen and oxygen atoms in total. The topological polar surface area (TPSA) is 58.6 Å². The number of rotatable bonds is 5. The third-order valence-electron chi connectivity index (χ3n) is 3.96. The molecule has 1 saturated heterocycles. The zero-order valence-corrected chi connectivity index (χ0v) is 15.0. The lowest BCUT2D eigenvalue weighted by molar-refractivity contribution is -0.119. The molecule has 26 heavy (non-hydrogen) atoms. The Morgan fingerprint density at radius 2 is 2.15 bits per heavy atom. The molecule has 0 unspecified atom stereocenters. The van der Waals surface area contributed by atoms with Crippen molar-refractivity contribution in [2.24, 2.45) is 0 Å². The number of hydrogen-bond acceptors (Lipinski definition) is 4. The maximum Gasteiger partial charge on any atom is 0.387 e. The number of amides is 2. The summed E-state index contributed by atoms with van der Waals surface area (Å²) in [6.45, 7) is -2.47. The van der Waals surface area contributed by atoms with Gasteiger partial charge in [0.05, 0.1) is 9.90 Å². The highest BCUT2D eigenvalue weighted by Crippen LogP contribution is 2.30. The van der Waals surface area contributed by atoms with E-state index < -0.39 is 12.7 Å². The number of ether oxygens (including phenoxy) is 1. The Labute approximate surface area is 157 Å². The van der Waals surface area contributed by atoms with Crippen LogP contribution in [0.5, 0.6) is 5.75 Å². The molecule has 1 aromatic heterocycles. The lowest BCUT2D eigenvalue weighted by atomic mass is 10.2. The number of nitrogens with zero attached hydrogens (tertiary/aromatic N) is 1. The molecule has 0 bridgehead atoms. The minimum atomic E-state index is -2.98. The minimum Gasteiger partial charge on any atom is -0.433 e. The van der Waals surface area contributed by atoms with Crippen LogP contribution in [0.15, 0.2) is 35.7 Å². The molecule has 2 aromatic rings. The highest BCUT2D eigenvalue weighted by atomic mass is 35.5. The predicted octanol–water partition coefficient (Wildman–Crippen LogP) is 4.25. The summed E-state index contributed by atoms with van der Waals surface area (Å²) in [5.41, 5.74) is 0.344. The van der Waals surface area contributed by atoms with Gasteiger partial charge < -0.3 is 15.0 Å². The van der Waals surface area contributed by atoms with Crippen molar-refractivity contribution in [3.63, 3.8) is 0 Å². The summed E-state index contributed by atoms with van der Waals surface area (Å²) in [5, 5.41) is 4.45. The Kier molecular flexibility index (Phi) is 5.73. The Bertz CT molecular complexity index is 801. The molecule has 1 aliphatic rings. The zero-order valence-electron chi connectivity index (χ0n) is 13.5. The quantitative estimate of drug-likeness (QED) is 0.816. The van der Waals surface area contributed by atoms with E-state index in [0.717, 1.165) is 6.42 Å². The van der Waals surface area contributed by atoms with E-state index >= 15 is 0 Å². The van der Waals surface area contributed by atoms with Crippen molar-refractivity contribution in [1.82, 2.24) is 4.90 Å². The first kappa shape index (κ1) is 18.6. The molecule has 0 aliphatic carbocycles. The number of anilines is 1. The first-order valence-electron chi connectivity index (χ1n) is 7.85. The molecular formula is C17H15ClF2N2O3S. The number of thiophene rings is 1. The summed E-state index contributed by atoms with van der Waals surface area (Å²) in [6, 6.07) is 6.93. The van der Waals surface area contributed by atoms with Gasteiger partial charge in [-0.15, -0.1) is 11.3 Å².